The first-order chi connectivity index (χ1) is 22.1. The fourth-order valence-corrected chi connectivity index (χ4v) is 6.04. The maximum atomic E-state index is 13.8. The molecule has 0 saturated heterocycles. The molecule has 1 atom stereocenters. The number of aryl methyl sites for hydroxylation is 1. The molecule has 5 aromatic heterocycles. The van der Waals surface area contributed by atoms with Crippen molar-refractivity contribution in [3.8, 4) is 28.4 Å². The fourth-order valence-electron chi connectivity index (χ4n) is 5.49. The standard InChI is InChI=1S/C31H28N10O4S/c1-18-9-11-40-27(18)31(43)41(21-7-5-4-6-8-21)30(37-40)19(2)35-29-26-24(16-32-28(26)33-17-34-29)25-10-12-39(36-25)22-13-20(14-23(42)15-22)38-46(3,44)45/h4-17,19,38,42H,1-3H3,(H2,32,33,34,35). The summed E-state index contributed by atoms with van der Waals surface area (Å²) < 4.78 is 30.6. The maximum absolute atomic E-state index is 13.8. The number of sulfonamides is 1. The van der Waals surface area contributed by atoms with Crippen LogP contribution in [0.3, 0.4) is 0 Å². The van der Waals surface area contributed by atoms with Gasteiger partial charge in [-0.05, 0) is 49.7 Å². The highest BCUT2D eigenvalue weighted by molar-refractivity contribution is 7.92. The van der Waals surface area contributed by atoms with E-state index >= 15 is 0 Å². The largest absolute Gasteiger partial charge is 0.508 e. The number of anilines is 2. The number of fused-ring (bicyclic) bond motifs is 2. The van der Waals surface area contributed by atoms with Crippen LogP contribution in [-0.4, -0.2) is 58.7 Å². The van der Waals surface area contributed by atoms with Gasteiger partial charge >= 0.3 is 0 Å². The van der Waals surface area contributed by atoms with Gasteiger partial charge in [0.15, 0.2) is 5.82 Å². The highest BCUT2D eigenvalue weighted by Crippen LogP contribution is 2.33. The van der Waals surface area contributed by atoms with Gasteiger partial charge in [0, 0.05) is 36.3 Å². The van der Waals surface area contributed by atoms with Crippen molar-refractivity contribution in [3.63, 3.8) is 0 Å². The van der Waals surface area contributed by atoms with Gasteiger partial charge in [-0.3, -0.25) is 14.1 Å². The van der Waals surface area contributed by atoms with E-state index in [4.69, 9.17) is 10.2 Å². The molecule has 0 aliphatic carbocycles. The summed E-state index contributed by atoms with van der Waals surface area (Å²) in [6, 6.07) is 16.9. The topological polar surface area (TPSA) is 177 Å². The minimum Gasteiger partial charge on any atom is -0.508 e. The molecule has 46 heavy (non-hydrogen) atoms. The second kappa shape index (κ2) is 10.9. The molecule has 0 bridgehead atoms. The molecule has 7 rings (SSSR count). The Morgan fingerprint density at radius 3 is 2.57 bits per heavy atom. The Labute approximate surface area is 262 Å². The van der Waals surface area contributed by atoms with Crippen LogP contribution in [0.1, 0.15) is 24.4 Å². The van der Waals surface area contributed by atoms with E-state index in [1.54, 1.807) is 39.8 Å². The Hall–Kier alpha value is -5.96. The number of aromatic amines is 1. The van der Waals surface area contributed by atoms with Crippen molar-refractivity contribution in [1.82, 2.24) is 38.9 Å². The molecule has 7 aromatic rings. The lowest BCUT2D eigenvalue weighted by molar-refractivity contribution is 0.475. The number of nitrogens with one attached hydrogen (secondary N) is 3. The molecule has 0 aliphatic heterocycles. The summed E-state index contributed by atoms with van der Waals surface area (Å²) >= 11 is 0. The minimum absolute atomic E-state index is 0.127. The fraction of sp³-hybridized carbons (Fsp3) is 0.129. The first-order valence-corrected chi connectivity index (χ1v) is 16.1. The van der Waals surface area contributed by atoms with Crippen LogP contribution in [0.5, 0.6) is 5.75 Å². The number of benzene rings is 2. The molecule has 0 amide bonds. The first-order valence-electron chi connectivity index (χ1n) is 14.2. The van der Waals surface area contributed by atoms with Crippen LogP contribution in [0.15, 0.2) is 90.4 Å². The van der Waals surface area contributed by atoms with E-state index < -0.39 is 16.1 Å². The molecule has 2 aromatic carbocycles. The third-order valence-electron chi connectivity index (χ3n) is 7.47. The van der Waals surface area contributed by atoms with Crippen LogP contribution in [0.2, 0.25) is 0 Å². The van der Waals surface area contributed by atoms with Crippen LogP contribution < -0.4 is 15.6 Å². The van der Waals surface area contributed by atoms with Gasteiger partial charge in [0.25, 0.3) is 5.56 Å². The van der Waals surface area contributed by atoms with Crippen molar-refractivity contribution in [2.45, 2.75) is 19.9 Å². The van der Waals surface area contributed by atoms with E-state index in [1.807, 2.05) is 50.2 Å². The van der Waals surface area contributed by atoms with Gasteiger partial charge in [-0.15, -0.1) is 0 Å². The number of phenolic OH excluding ortho intramolecular Hbond substituents is 1. The number of aromatic nitrogens is 8. The number of rotatable bonds is 8. The van der Waals surface area contributed by atoms with Crippen molar-refractivity contribution in [3.05, 3.63) is 107 Å². The molecular formula is C31H28N10O4S. The van der Waals surface area contributed by atoms with E-state index in [2.05, 4.69) is 25.0 Å². The lowest BCUT2D eigenvalue weighted by Gasteiger charge is -2.20. The van der Waals surface area contributed by atoms with Gasteiger partial charge in [0.2, 0.25) is 10.0 Å². The second-order valence-corrected chi connectivity index (χ2v) is 12.6. The predicted octanol–water partition coefficient (Wildman–Crippen LogP) is 4.17. The van der Waals surface area contributed by atoms with E-state index in [1.165, 1.54) is 23.1 Å². The Kier molecular flexibility index (Phi) is 6.81. The molecule has 15 heteroatoms. The highest BCUT2D eigenvalue weighted by atomic mass is 32.2. The van der Waals surface area contributed by atoms with Crippen LogP contribution in [0, 0.1) is 6.92 Å². The number of para-hydroxylation sites is 1. The van der Waals surface area contributed by atoms with Gasteiger partial charge in [-0.1, -0.05) is 18.2 Å². The average Bonchev–Trinajstić information content (AvgIpc) is 3.75. The quantitative estimate of drug-likeness (QED) is 0.191. The van der Waals surface area contributed by atoms with Crippen molar-refractivity contribution >= 4 is 38.1 Å². The number of H-pyrrole nitrogens is 1. The normalized spacial score (nSPS) is 12.5. The maximum Gasteiger partial charge on any atom is 0.282 e. The first kappa shape index (κ1) is 28.8. The van der Waals surface area contributed by atoms with Gasteiger partial charge in [-0.2, -0.15) is 10.2 Å². The summed E-state index contributed by atoms with van der Waals surface area (Å²) in [6.07, 6.45) is 7.71. The highest BCUT2D eigenvalue weighted by Gasteiger charge is 2.22. The Morgan fingerprint density at radius 2 is 1.78 bits per heavy atom. The minimum atomic E-state index is -3.55. The zero-order valence-electron chi connectivity index (χ0n) is 24.9. The lowest BCUT2D eigenvalue weighted by atomic mass is 10.1. The van der Waals surface area contributed by atoms with E-state index in [0.29, 0.717) is 50.8 Å². The van der Waals surface area contributed by atoms with E-state index in [-0.39, 0.29) is 17.0 Å². The van der Waals surface area contributed by atoms with Crippen LogP contribution in [0.4, 0.5) is 11.5 Å². The van der Waals surface area contributed by atoms with E-state index in [9.17, 15) is 18.3 Å². The number of hydrogen-bond donors (Lipinski definition) is 4. The second-order valence-electron chi connectivity index (χ2n) is 10.9. The lowest BCUT2D eigenvalue weighted by Crippen LogP contribution is -2.29. The molecule has 0 radical (unpaired) electrons. The molecule has 0 saturated carbocycles. The average molecular weight is 637 g/mol. The third kappa shape index (κ3) is 5.21. The van der Waals surface area contributed by atoms with Crippen LogP contribution in [0.25, 0.3) is 39.2 Å². The number of aromatic hydroxyl groups is 1. The zero-order valence-corrected chi connectivity index (χ0v) is 25.7. The van der Waals surface area contributed by atoms with Crippen molar-refractivity contribution < 1.29 is 13.5 Å². The summed E-state index contributed by atoms with van der Waals surface area (Å²) in [4.78, 5) is 25.9. The molecule has 5 heterocycles. The van der Waals surface area contributed by atoms with Crippen molar-refractivity contribution in [1.29, 1.82) is 0 Å². The zero-order chi connectivity index (χ0) is 32.2. The summed E-state index contributed by atoms with van der Waals surface area (Å²) in [6.45, 7) is 3.79. The Morgan fingerprint density at radius 1 is 0.978 bits per heavy atom. The number of phenols is 1. The van der Waals surface area contributed by atoms with Crippen LogP contribution in [-0.2, 0) is 10.0 Å². The van der Waals surface area contributed by atoms with Crippen LogP contribution >= 0.6 is 0 Å². The predicted molar refractivity (Wildman–Crippen MR) is 174 cm³/mol. The molecule has 1 unspecified atom stereocenters. The van der Waals surface area contributed by atoms with E-state index in [0.717, 1.165) is 11.8 Å². The smallest absolute Gasteiger partial charge is 0.282 e. The summed E-state index contributed by atoms with van der Waals surface area (Å²) in [7, 11) is -3.55. The third-order valence-corrected chi connectivity index (χ3v) is 8.08. The molecule has 0 spiro atoms. The molecule has 0 aliphatic rings. The molecule has 4 N–H and O–H groups in total. The van der Waals surface area contributed by atoms with Gasteiger partial charge < -0.3 is 15.4 Å². The van der Waals surface area contributed by atoms with Gasteiger partial charge in [0.05, 0.1) is 40.4 Å². The Bertz CT molecular complexity index is 2430. The molecular weight excluding hydrogens is 608 g/mol. The van der Waals surface area contributed by atoms with Crippen molar-refractivity contribution in [2.24, 2.45) is 0 Å². The summed E-state index contributed by atoms with van der Waals surface area (Å²) in [5.74, 6) is 0.852. The molecule has 14 nitrogen and oxygen atoms in total. The summed E-state index contributed by atoms with van der Waals surface area (Å²) in [5, 5.41) is 23.9. The monoisotopic (exact) mass is 636 g/mol. The summed E-state index contributed by atoms with van der Waals surface area (Å²) in [5.41, 5.74) is 4.31. The molecule has 232 valence electrons. The SMILES string of the molecule is Cc1ccn2nc(C(C)Nc3ncnc4[nH]cc(-c5ccn(-c6cc(O)cc(NS(C)(=O)=O)c6)n5)c34)n(-c3ccccc3)c(=O)c12. The molecule has 0 fully saturated rings. The Balaban J connectivity index is 1.28. The van der Waals surface area contributed by atoms with Gasteiger partial charge in [0.1, 0.15) is 29.1 Å². The van der Waals surface area contributed by atoms with Gasteiger partial charge in [-0.25, -0.2) is 27.6 Å². The number of hydrogen-bond acceptors (Lipinski definition) is 9. The van der Waals surface area contributed by atoms with Crippen molar-refractivity contribution in [2.75, 3.05) is 16.3 Å². The number of nitrogens with zero attached hydrogens (tertiary/aromatic N) is 7.